The zero-order valence-electron chi connectivity index (χ0n) is 7.62. The molecule has 1 N–H and O–H groups in total. The standard InChI is InChI=1S/C10H11NO2S/c12-10(6-14)11-9-2-1-7-4-13-5-8(7)3-9/h1-3,14H,4-6H2,(H,11,12). The Morgan fingerprint density at radius 1 is 1.43 bits per heavy atom. The predicted molar refractivity (Wildman–Crippen MR) is 57.4 cm³/mol. The second-order valence-electron chi connectivity index (χ2n) is 3.18. The van der Waals surface area contributed by atoms with Crippen molar-refractivity contribution in [3.8, 4) is 0 Å². The number of hydrogen-bond donors (Lipinski definition) is 2. The van der Waals surface area contributed by atoms with E-state index in [1.54, 1.807) is 0 Å². The molecule has 1 aliphatic rings. The highest BCUT2D eigenvalue weighted by atomic mass is 32.1. The molecule has 14 heavy (non-hydrogen) atoms. The fourth-order valence-corrected chi connectivity index (χ4v) is 1.53. The van der Waals surface area contributed by atoms with Gasteiger partial charge in [-0.15, -0.1) is 0 Å². The van der Waals surface area contributed by atoms with Gasteiger partial charge in [0.05, 0.1) is 19.0 Å². The van der Waals surface area contributed by atoms with Crippen LogP contribution in [0.4, 0.5) is 5.69 Å². The minimum absolute atomic E-state index is 0.0906. The lowest BCUT2D eigenvalue weighted by Gasteiger charge is -2.04. The van der Waals surface area contributed by atoms with E-state index in [1.165, 1.54) is 5.56 Å². The van der Waals surface area contributed by atoms with Crippen molar-refractivity contribution in [2.24, 2.45) is 0 Å². The van der Waals surface area contributed by atoms with Gasteiger partial charge in [-0.25, -0.2) is 0 Å². The van der Waals surface area contributed by atoms with Crippen molar-refractivity contribution in [1.29, 1.82) is 0 Å². The topological polar surface area (TPSA) is 38.3 Å². The lowest BCUT2D eigenvalue weighted by Crippen LogP contribution is -2.12. The largest absolute Gasteiger partial charge is 0.372 e. The molecule has 1 amide bonds. The van der Waals surface area contributed by atoms with Crippen molar-refractivity contribution in [1.82, 2.24) is 0 Å². The second-order valence-corrected chi connectivity index (χ2v) is 3.50. The van der Waals surface area contributed by atoms with Crippen LogP contribution in [-0.2, 0) is 22.7 Å². The quantitative estimate of drug-likeness (QED) is 0.726. The van der Waals surface area contributed by atoms with Gasteiger partial charge in [-0.3, -0.25) is 4.79 Å². The van der Waals surface area contributed by atoms with Gasteiger partial charge in [0.2, 0.25) is 5.91 Å². The predicted octanol–water partition coefficient (Wildman–Crippen LogP) is 1.59. The lowest BCUT2D eigenvalue weighted by molar-refractivity contribution is -0.113. The molecule has 0 spiro atoms. The number of amides is 1. The van der Waals surface area contributed by atoms with Crippen molar-refractivity contribution in [2.75, 3.05) is 11.1 Å². The third kappa shape index (κ3) is 1.91. The van der Waals surface area contributed by atoms with Crippen molar-refractivity contribution >= 4 is 24.2 Å². The molecule has 1 aliphatic heterocycles. The summed E-state index contributed by atoms with van der Waals surface area (Å²) in [5.41, 5.74) is 3.17. The van der Waals surface area contributed by atoms with E-state index < -0.39 is 0 Å². The Kier molecular flexibility index (Phi) is 2.74. The van der Waals surface area contributed by atoms with Crippen LogP contribution in [0.1, 0.15) is 11.1 Å². The molecule has 3 nitrogen and oxygen atoms in total. The fraction of sp³-hybridized carbons (Fsp3) is 0.300. The van der Waals surface area contributed by atoms with Gasteiger partial charge in [-0.1, -0.05) is 6.07 Å². The number of carbonyl (C=O) groups excluding carboxylic acids is 1. The summed E-state index contributed by atoms with van der Waals surface area (Å²) in [6.45, 7) is 1.32. The maximum Gasteiger partial charge on any atom is 0.234 e. The third-order valence-corrected chi connectivity index (χ3v) is 2.44. The smallest absolute Gasteiger partial charge is 0.234 e. The molecule has 2 rings (SSSR count). The van der Waals surface area contributed by atoms with Gasteiger partial charge in [-0.2, -0.15) is 12.6 Å². The van der Waals surface area contributed by atoms with Crippen molar-refractivity contribution in [2.45, 2.75) is 13.2 Å². The van der Waals surface area contributed by atoms with Gasteiger partial charge < -0.3 is 10.1 Å². The molecule has 0 saturated carbocycles. The number of anilines is 1. The third-order valence-electron chi connectivity index (χ3n) is 2.15. The van der Waals surface area contributed by atoms with E-state index >= 15 is 0 Å². The maximum atomic E-state index is 11.1. The number of carbonyl (C=O) groups is 1. The molecule has 0 saturated heterocycles. The van der Waals surface area contributed by atoms with Crippen LogP contribution in [0.5, 0.6) is 0 Å². The Morgan fingerprint density at radius 3 is 3.00 bits per heavy atom. The van der Waals surface area contributed by atoms with E-state index in [0.29, 0.717) is 13.2 Å². The lowest BCUT2D eigenvalue weighted by atomic mass is 10.1. The van der Waals surface area contributed by atoms with Gasteiger partial charge in [0, 0.05) is 5.69 Å². The summed E-state index contributed by atoms with van der Waals surface area (Å²) in [6.07, 6.45) is 0. The first-order valence-electron chi connectivity index (χ1n) is 4.40. The molecule has 1 heterocycles. The van der Waals surface area contributed by atoms with E-state index in [2.05, 4.69) is 17.9 Å². The minimum atomic E-state index is -0.0906. The van der Waals surface area contributed by atoms with Crippen molar-refractivity contribution in [3.05, 3.63) is 29.3 Å². The molecule has 0 radical (unpaired) electrons. The van der Waals surface area contributed by atoms with Crippen molar-refractivity contribution in [3.63, 3.8) is 0 Å². The summed E-state index contributed by atoms with van der Waals surface area (Å²) in [5, 5.41) is 2.75. The van der Waals surface area contributed by atoms with E-state index in [4.69, 9.17) is 4.74 Å². The summed E-state index contributed by atoms with van der Waals surface area (Å²) < 4.78 is 5.27. The van der Waals surface area contributed by atoms with Crippen LogP contribution in [0.3, 0.4) is 0 Å². The first-order chi connectivity index (χ1) is 6.79. The number of nitrogens with one attached hydrogen (secondary N) is 1. The Hall–Kier alpha value is -1.00. The minimum Gasteiger partial charge on any atom is -0.372 e. The number of hydrogen-bond acceptors (Lipinski definition) is 3. The second kappa shape index (κ2) is 4.02. The molecule has 0 bridgehead atoms. The highest BCUT2D eigenvalue weighted by molar-refractivity contribution is 7.81. The van der Waals surface area contributed by atoms with E-state index in [1.807, 2.05) is 18.2 Å². The van der Waals surface area contributed by atoms with Crippen LogP contribution in [0, 0.1) is 0 Å². The van der Waals surface area contributed by atoms with Gasteiger partial charge >= 0.3 is 0 Å². The Morgan fingerprint density at radius 2 is 2.21 bits per heavy atom. The molecule has 0 atom stereocenters. The number of thiol groups is 1. The fourth-order valence-electron chi connectivity index (χ4n) is 1.45. The first-order valence-corrected chi connectivity index (χ1v) is 5.03. The van der Waals surface area contributed by atoms with Crippen molar-refractivity contribution < 1.29 is 9.53 Å². The monoisotopic (exact) mass is 209 g/mol. The molecule has 74 valence electrons. The summed E-state index contributed by atoms with van der Waals surface area (Å²) in [7, 11) is 0. The molecular formula is C10H11NO2S. The number of fused-ring (bicyclic) bond motifs is 1. The summed E-state index contributed by atoms with van der Waals surface area (Å²) in [4.78, 5) is 11.1. The summed E-state index contributed by atoms with van der Waals surface area (Å²) in [5.74, 6) is 0.111. The van der Waals surface area contributed by atoms with Crippen LogP contribution < -0.4 is 5.32 Å². The van der Waals surface area contributed by atoms with E-state index in [9.17, 15) is 4.79 Å². The number of rotatable bonds is 2. The SMILES string of the molecule is O=C(CS)Nc1ccc2c(c1)COC2. The average Bonchev–Trinajstić information content (AvgIpc) is 2.64. The Labute approximate surface area is 87.9 Å². The molecule has 4 heteroatoms. The number of ether oxygens (including phenoxy) is 1. The van der Waals surface area contributed by atoms with Gasteiger partial charge in [0.15, 0.2) is 0 Å². The zero-order chi connectivity index (χ0) is 9.97. The van der Waals surface area contributed by atoms with Crippen LogP contribution in [0.25, 0.3) is 0 Å². The average molecular weight is 209 g/mol. The maximum absolute atomic E-state index is 11.1. The van der Waals surface area contributed by atoms with E-state index in [-0.39, 0.29) is 11.7 Å². The molecule has 0 aromatic heterocycles. The number of benzene rings is 1. The molecule has 0 unspecified atom stereocenters. The van der Waals surface area contributed by atoms with Crippen LogP contribution in [0.15, 0.2) is 18.2 Å². The highest BCUT2D eigenvalue weighted by Crippen LogP contribution is 2.23. The molecule has 1 aromatic rings. The normalized spacial score (nSPS) is 13.8. The van der Waals surface area contributed by atoms with Crippen LogP contribution >= 0.6 is 12.6 Å². The zero-order valence-corrected chi connectivity index (χ0v) is 8.51. The Balaban J connectivity index is 2.16. The highest BCUT2D eigenvalue weighted by Gasteiger charge is 2.11. The Bertz CT molecular complexity index is 365. The molecule has 0 aliphatic carbocycles. The molecule has 0 fully saturated rings. The van der Waals surface area contributed by atoms with Crippen LogP contribution in [-0.4, -0.2) is 11.7 Å². The summed E-state index contributed by atoms with van der Waals surface area (Å²) in [6, 6.07) is 5.81. The molecule has 1 aromatic carbocycles. The van der Waals surface area contributed by atoms with Crippen LogP contribution in [0.2, 0.25) is 0 Å². The molecular weight excluding hydrogens is 198 g/mol. The summed E-state index contributed by atoms with van der Waals surface area (Å²) >= 11 is 3.89. The van der Waals surface area contributed by atoms with Gasteiger partial charge in [0.1, 0.15) is 0 Å². The first kappa shape index (κ1) is 9.55. The van der Waals surface area contributed by atoms with Gasteiger partial charge in [0.25, 0.3) is 0 Å². The van der Waals surface area contributed by atoms with E-state index in [0.717, 1.165) is 11.3 Å². The van der Waals surface area contributed by atoms with Gasteiger partial charge in [-0.05, 0) is 23.3 Å².